The van der Waals surface area contributed by atoms with E-state index in [1.54, 1.807) is 24.7 Å². The minimum Gasteiger partial charge on any atom is -0.379 e. The van der Waals surface area contributed by atoms with Gasteiger partial charge in [-0.2, -0.15) is 0 Å². The molecule has 4 rings (SSSR count). The highest BCUT2D eigenvalue weighted by molar-refractivity contribution is 5.97. The molecule has 7 nitrogen and oxygen atoms in total. The highest BCUT2D eigenvalue weighted by atomic mass is 16.2. The summed E-state index contributed by atoms with van der Waals surface area (Å²) < 4.78 is 0. The van der Waals surface area contributed by atoms with Gasteiger partial charge in [0.05, 0.1) is 17.7 Å². The number of anilines is 1. The average Bonchev–Trinajstić information content (AvgIpc) is 3.19. The molecule has 0 aromatic carbocycles. The number of carbonyl (C=O) groups is 1. The molecule has 7 heteroatoms. The zero-order valence-corrected chi connectivity index (χ0v) is 14.9. The van der Waals surface area contributed by atoms with Gasteiger partial charge in [-0.25, -0.2) is 15.0 Å². The number of rotatable bonds is 4. The van der Waals surface area contributed by atoms with Crippen LogP contribution in [-0.2, 0) is 4.79 Å². The molecule has 1 aliphatic heterocycles. The molecule has 3 aromatic rings. The van der Waals surface area contributed by atoms with E-state index in [-0.39, 0.29) is 18.4 Å². The Labute approximate surface area is 157 Å². The van der Waals surface area contributed by atoms with E-state index in [1.807, 2.05) is 17.2 Å². The van der Waals surface area contributed by atoms with Crippen LogP contribution in [0, 0.1) is 12.3 Å². The number of fused-ring (bicyclic) bond motifs is 1. The maximum absolute atomic E-state index is 12.2. The lowest BCUT2D eigenvalue weighted by Gasteiger charge is -2.34. The number of aromatic amines is 1. The summed E-state index contributed by atoms with van der Waals surface area (Å²) in [6.07, 6.45) is 14.4. The van der Waals surface area contributed by atoms with Crippen LogP contribution in [0.4, 0.5) is 5.69 Å². The SMILES string of the molecule is C#CCC(=O)N1CCC[C@@H](Nc2c(-c3ncccn3)cnc3[nH]ccc23)C1. The van der Waals surface area contributed by atoms with Crippen molar-refractivity contribution in [2.75, 3.05) is 18.4 Å². The van der Waals surface area contributed by atoms with Crippen LogP contribution in [0.15, 0.2) is 36.9 Å². The van der Waals surface area contributed by atoms with E-state index in [2.05, 4.69) is 31.2 Å². The Morgan fingerprint density at radius 2 is 2.22 bits per heavy atom. The summed E-state index contributed by atoms with van der Waals surface area (Å²) in [4.78, 5) is 30.4. The van der Waals surface area contributed by atoms with Crippen LogP contribution in [0.25, 0.3) is 22.4 Å². The van der Waals surface area contributed by atoms with Crippen LogP contribution >= 0.6 is 0 Å². The number of hydrogen-bond acceptors (Lipinski definition) is 5. The predicted octanol–water partition coefficient (Wildman–Crippen LogP) is 2.45. The van der Waals surface area contributed by atoms with Crippen LogP contribution in [0.1, 0.15) is 19.3 Å². The van der Waals surface area contributed by atoms with Crippen LogP contribution < -0.4 is 5.32 Å². The van der Waals surface area contributed by atoms with Gasteiger partial charge in [0.1, 0.15) is 5.65 Å². The molecule has 1 amide bonds. The third kappa shape index (κ3) is 3.47. The van der Waals surface area contributed by atoms with Crippen molar-refractivity contribution in [3.8, 4) is 23.7 Å². The molecule has 1 fully saturated rings. The number of carbonyl (C=O) groups excluding carboxylic acids is 1. The van der Waals surface area contributed by atoms with E-state index >= 15 is 0 Å². The van der Waals surface area contributed by atoms with Gasteiger partial charge in [-0.3, -0.25) is 4.79 Å². The van der Waals surface area contributed by atoms with E-state index in [0.717, 1.165) is 41.7 Å². The lowest BCUT2D eigenvalue weighted by molar-refractivity contribution is -0.131. The first-order valence-electron chi connectivity index (χ1n) is 8.97. The third-order valence-corrected chi connectivity index (χ3v) is 4.77. The Morgan fingerprint density at radius 1 is 1.37 bits per heavy atom. The molecular formula is C20H20N6O. The average molecular weight is 360 g/mol. The normalized spacial score (nSPS) is 16.9. The molecule has 0 unspecified atom stereocenters. The summed E-state index contributed by atoms with van der Waals surface area (Å²) in [7, 11) is 0. The highest BCUT2D eigenvalue weighted by Crippen LogP contribution is 2.32. The number of aromatic nitrogens is 4. The van der Waals surface area contributed by atoms with E-state index in [1.165, 1.54) is 0 Å². The Balaban J connectivity index is 1.66. The van der Waals surface area contributed by atoms with Gasteiger partial charge in [0.25, 0.3) is 0 Å². The molecule has 4 heterocycles. The lowest BCUT2D eigenvalue weighted by atomic mass is 10.0. The second-order valence-electron chi connectivity index (χ2n) is 6.56. The number of hydrogen-bond donors (Lipinski definition) is 2. The van der Waals surface area contributed by atoms with Crippen molar-refractivity contribution in [3.05, 3.63) is 36.9 Å². The fourth-order valence-corrected chi connectivity index (χ4v) is 3.50. The minimum atomic E-state index is 0.0112. The van der Waals surface area contributed by atoms with Crippen molar-refractivity contribution in [1.29, 1.82) is 0 Å². The van der Waals surface area contributed by atoms with Gasteiger partial charge in [-0.1, -0.05) is 5.92 Å². The molecule has 1 aliphatic rings. The summed E-state index contributed by atoms with van der Waals surface area (Å²) in [6.45, 7) is 1.38. The molecule has 0 radical (unpaired) electrons. The monoisotopic (exact) mass is 360 g/mol. The van der Waals surface area contributed by atoms with Crippen molar-refractivity contribution in [1.82, 2.24) is 24.8 Å². The van der Waals surface area contributed by atoms with Crippen molar-refractivity contribution in [3.63, 3.8) is 0 Å². The first kappa shape index (κ1) is 17.0. The maximum atomic E-state index is 12.2. The number of amides is 1. The molecule has 0 bridgehead atoms. The topological polar surface area (TPSA) is 86.8 Å². The molecule has 1 saturated heterocycles. The maximum Gasteiger partial charge on any atom is 0.234 e. The smallest absolute Gasteiger partial charge is 0.234 e. The number of pyridine rings is 1. The highest BCUT2D eigenvalue weighted by Gasteiger charge is 2.25. The third-order valence-electron chi connectivity index (χ3n) is 4.77. The van der Waals surface area contributed by atoms with Gasteiger partial charge >= 0.3 is 0 Å². The van der Waals surface area contributed by atoms with Crippen molar-refractivity contribution >= 4 is 22.6 Å². The fraction of sp³-hybridized carbons (Fsp3) is 0.300. The molecule has 1 atom stereocenters. The standard InChI is InChI=1S/C20H20N6O/c1-2-5-17(27)26-11-3-6-14(13-26)25-18-15-7-10-23-19(15)24-12-16(18)20-21-8-4-9-22-20/h1,4,7-10,12,14H,3,5-6,11,13H2,(H2,23,24,25)/t14-/m1/s1. The summed E-state index contributed by atoms with van der Waals surface area (Å²) >= 11 is 0. The van der Waals surface area contributed by atoms with Gasteiger partial charge in [0.15, 0.2) is 5.82 Å². The Bertz CT molecular complexity index is 991. The van der Waals surface area contributed by atoms with Gasteiger partial charge in [-0.15, -0.1) is 6.42 Å². The zero-order valence-electron chi connectivity index (χ0n) is 14.9. The number of likely N-dealkylation sites (tertiary alicyclic amines) is 1. The first-order chi connectivity index (χ1) is 13.3. The summed E-state index contributed by atoms with van der Waals surface area (Å²) in [5.74, 6) is 3.07. The Kier molecular flexibility index (Phi) is 4.71. The number of piperidine rings is 1. The van der Waals surface area contributed by atoms with E-state index in [4.69, 9.17) is 6.42 Å². The molecule has 136 valence electrons. The quantitative estimate of drug-likeness (QED) is 0.698. The molecule has 0 aliphatic carbocycles. The molecule has 0 spiro atoms. The fourth-order valence-electron chi connectivity index (χ4n) is 3.50. The van der Waals surface area contributed by atoms with Crippen molar-refractivity contribution in [2.24, 2.45) is 0 Å². The minimum absolute atomic E-state index is 0.0112. The van der Waals surface area contributed by atoms with Gasteiger partial charge in [-0.05, 0) is 25.0 Å². The lowest BCUT2D eigenvalue weighted by Crippen LogP contribution is -2.45. The summed E-state index contributed by atoms with van der Waals surface area (Å²) in [5.41, 5.74) is 2.58. The predicted molar refractivity (Wildman–Crippen MR) is 104 cm³/mol. The summed E-state index contributed by atoms with van der Waals surface area (Å²) in [5, 5.41) is 4.60. The van der Waals surface area contributed by atoms with Crippen LogP contribution in [-0.4, -0.2) is 49.9 Å². The van der Waals surface area contributed by atoms with Gasteiger partial charge in [0.2, 0.25) is 5.91 Å². The zero-order chi connectivity index (χ0) is 18.6. The van der Waals surface area contributed by atoms with Gasteiger partial charge in [0, 0.05) is 49.3 Å². The van der Waals surface area contributed by atoms with Crippen molar-refractivity contribution in [2.45, 2.75) is 25.3 Å². The molecule has 27 heavy (non-hydrogen) atoms. The molecule has 2 N–H and O–H groups in total. The van der Waals surface area contributed by atoms with Crippen molar-refractivity contribution < 1.29 is 4.79 Å². The molecule has 3 aromatic heterocycles. The van der Waals surface area contributed by atoms with Crippen LogP contribution in [0.2, 0.25) is 0 Å². The second-order valence-corrected chi connectivity index (χ2v) is 6.56. The number of nitrogens with zero attached hydrogens (tertiary/aromatic N) is 4. The van der Waals surface area contributed by atoms with Gasteiger partial charge < -0.3 is 15.2 Å². The molecule has 0 saturated carbocycles. The van der Waals surface area contributed by atoms with Crippen LogP contribution in [0.3, 0.4) is 0 Å². The Hall–Kier alpha value is -3.40. The number of nitrogens with one attached hydrogen (secondary N) is 2. The van der Waals surface area contributed by atoms with E-state index in [9.17, 15) is 4.79 Å². The molecular weight excluding hydrogens is 340 g/mol. The number of H-pyrrole nitrogens is 1. The van der Waals surface area contributed by atoms with E-state index in [0.29, 0.717) is 12.4 Å². The first-order valence-corrected chi connectivity index (χ1v) is 8.97. The largest absolute Gasteiger partial charge is 0.379 e. The number of terminal acetylenes is 1. The Morgan fingerprint density at radius 3 is 3.04 bits per heavy atom. The second kappa shape index (κ2) is 7.46. The summed E-state index contributed by atoms with van der Waals surface area (Å²) in [6, 6.07) is 3.90. The van der Waals surface area contributed by atoms with E-state index < -0.39 is 0 Å². The van der Waals surface area contributed by atoms with Crippen LogP contribution in [0.5, 0.6) is 0 Å².